The van der Waals surface area contributed by atoms with Gasteiger partial charge in [0.15, 0.2) is 0 Å². The van der Waals surface area contributed by atoms with E-state index >= 15 is 0 Å². The molecule has 2 fully saturated rings. The maximum absolute atomic E-state index is 12.6. The van der Waals surface area contributed by atoms with Crippen LogP contribution in [-0.4, -0.2) is 55.8 Å². The van der Waals surface area contributed by atoms with Crippen LogP contribution >= 0.6 is 0 Å². The molecule has 1 N–H and O–H groups in total. The van der Waals surface area contributed by atoms with Crippen molar-refractivity contribution in [1.29, 1.82) is 0 Å². The van der Waals surface area contributed by atoms with Gasteiger partial charge in [-0.1, -0.05) is 6.92 Å². The standard InChI is InChI=1S/C12H25N3O2S/c1-5-12-11-7-13-6-10(11)8-15(12)18(16,17)14(4)9(2)3/h9-13H,5-8H2,1-4H3. The van der Waals surface area contributed by atoms with Crippen LogP contribution in [0.25, 0.3) is 0 Å². The van der Waals surface area contributed by atoms with E-state index < -0.39 is 10.2 Å². The molecule has 0 bridgehead atoms. The van der Waals surface area contributed by atoms with Crippen molar-refractivity contribution in [2.24, 2.45) is 11.8 Å². The summed E-state index contributed by atoms with van der Waals surface area (Å²) < 4.78 is 28.4. The van der Waals surface area contributed by atoms with Crippen LogP contribution in [0.5, 0.6) is 0 Å². The van der Waals surface area contributed by atoms with Gasteiger partial charge in [-0.25, -0.2) is 0 Å². The van der Waals surface area contributed by atoms with E-state index in [2.05, 4.69) is 12.2 Å². The van der Waals surface area contributed by atoms with Gasteiger partial charge >= 0.3 is 0 Å². The highest BCUT2D eigenvalue weighted by Gasteiger charge is 2.48. The van der Waals surface area contributed by atoms with Crippen LogP contribution in [0.3, 0.4) is 0 Å². The minimum atomic E-state index is -3.30. The van der Waals surface area contributed by atoms with Gasteiger partial charge in [0.2, 0.25) is 0 Å². The van der Waals surface area contributed by atoms with Crippen molar-refractivity contribution in [3.05, 3.63) is 0 Å². The zero-order chi connectivity index (χ0) is 13.5. The van der Waals surface area contributed by atoms with E-state index in [1.807, 2.05) is 13.8 Å². The molecule has 2 aliphatic rings. The van der Waals surface area contributed by atoms with Crippen LogP contribution in [-0.2, 0) is 10.2 Å². The first-order valence-electron chi connectivity index (χ1n) is 6.85. The van der Waals surface area contributed by atoms with Crippen LogP contribution in [0.2, 0.25) is 0 Å². The van der Waals surface area contributed by atoms with E-state index in [1.165, 1.54) is 4.31 Å². The fourth-order valence-electron chi connectivity index (χ4n) is 3.19. The molecule has 0 aliphatic carbocycles. The molecule has 0 radical (unpaired) electrons. The van der Waals surface area contributed by atoms with Crippen LogP contribution in [0.4, 0.5) is 0 Å². The summed E-state index contributed by atoms with van der Waals surface area (Å²) in [5, 5.41) is 3.38. The topological polar surface area (TPSA) is 52.7 Å². The van der Waals surface area contributed by atoms with Gasteiger partial charge < -0.3 is 5.32 Å². The molecule has 6 heteroatoms. The summed E-state index contributed by atoms with van der Waals surface area (Å²) in [6.45, 7) is 8.51. The Morgan fingerprint density at radius 3 is 2.61 bits per heavy atom. The van der Waals surface area contributed by atoms with Gasteiger partial charge in [-0.05, 0) is 45.2 Å². The molecule has 0 saturated carbocycles. The number of rotatable bonds is 4. The monoisotopic (exact) mass is 275 g/mol. The van der Waals surface area contributed by atoms with Crippen LogP contribution < -0.4 is 5.32 Å². The molecule has 0 aromatic heterocycles. The van der Waals surface area contributed by atoms with Crippen molar-refractivity contribution in [2.45, 2.75) is 39.3 Å². The summed E-state index contributed by atoms with van der Waals surface area (Å²) in [6.07, 6.45) is 0.897. The Morgan fingerprint density at radius 1 is 1.39 bits per heavy atom. The normalized spacial score (nSPS) is 33.6. The predicted molar refractivity (Wildman–Crippen MR) is 72.5 cm³/mol. The second-order valence-corrected chi connectivity index (χ2v) is 7.69. The second-order valence-electron chi connectivity index (χ2n) is 5.75. The number of hydrogen-bond acceptors (Lipinski definition) is 3. The average Bonchev–Trinajstić information content (AvgIpc) is 2.86. The van der Waals surface area contributed by atoms with Crippen molar-refractivity contribution < 1.29 is 8.42 Å². The molecule has 2 aliphatic heterocycles. The lowest BCUT2D eigenvalue weighted by atomic mass is 9.93. The maximum atomic E-state index is 12.6. The Hall–Kier alpha value is -0.170. The summed E-state index contributed by atoms with van der Waals surface area (Å²) in [5.41, 5.74) is 0. The largest absolute Gasteiger partial charge is 0.316 e. The van der Waals surface area contributed by atoms with Gasteiger partial charge in [0, 0.05) is 25.7 Å². The van der Waals surface area contributed by atoms with Crippen molar-refractivity contribution in [1.82, 2.24) is 13.9 Å². The molecule has 18 heavy (non-hydrogen) atoms. The molecular formula is C12H25N3O2S. The van der Waals surface area contributed by atoms with Crippen LogP contribution in [0.1, 0.15) is 27.2 Å². The molecule has 3 unspecified atom stereocenters. The molecule has 0 aromatic rings. The van der Waals surface area contributed by atoms with Crippen LogP contribution in [0.15, 0.2) is 0 Å². The Bertz CT molecular complexity index is 396. The molecule has 106 valence electrons. The lowest BCUT2D eigenvalue weighted by molar-refractivity contribution is 0.292. The van der Waals surface area contributed by atoms with Gasteiger partial charge in [-0.15, -0.1) is 0 Å². The quantitative estimate of drug-likeness (QED) is 0.813. The van der Waals surface area contributed by atoms with E-state index in [9.17, 15) is 8.42 Å². The fraction of sp³-hybridized carbons (Fsp3) is 1.00. The van der Waals surface area contributed by atoms with Gasteiger partial charge in [-0.2, -0.15) is 17.0 Å². The number of fused-ring (bicyclic) bond motifs is 1. The molecule has 0 aromatic carbocycles. The van der Waals surface area contributed by atoms with E-state index in [0.717, 1.165) is 19.5 Å². The number of hydrogen-bond donors (Lipinski definition) is 1. The predicted octanol–water partition coefficient (Wildman–Crippen LogP) is 0.501. The van der Waals surface area contributed by atoms with E-state index in [4.69, 9.17) is 0 Å². The minimum absolute atomic E-state index is 0.00562. The zero-order valence-electron chi connectivity index (χ0n) is 11.8. The SMILES string of the molecule is CCC1C2CNCC2CN1S(=O)(=O)N(C)C(C)C. The van der Waals surface area contributed by atoms with Gasteiger partial charge in [0.1, 0.15) is 0 Å². The molecule has 3 atom stereocenters. The van der Waals surface area contributed by atoms with Crippen molar-refractivity contribution in [3.63, 3.8) is 0 Å². The number of nitrogens with zero attached hydrogens (tertiary/aromatic N) is 2. The first kappa shape index (κ1) is 14.2. The third-order valence-electron chi connectivity index (χ3n) is 4.48. The highest BCUT2D eigenvalue weighted by atomic mass is 32.2. The summed E-state index contributed by atoms with van der Waals surface area (Å²) in [6, 6.07) is 0.169. The second kappa shape index (κ2) is 5.07. The van der Waals surface area contributed by atoms with Gasteiger partial charge in [0.05, 0.1) is 0 Å². The Kier molecular flexibility index (Phi) is 4.02. The molecule has 0 spiro atoms. The fourth-order valence-corrected chi connectivity index (χ4v) is 5.08. The highest BCUT2D eigenvalue weighted by molar-refractivity contribution is 7.86. The van der Waals surface area contributed by atoms with Crippen molar-refractivity contribution >= 4 is 10.2 Å². The minimum Gasteiger partial charge on any atom is -0.316 e. The lowest BCUT2D eigenvalue weighted by Crippen LogP contribution is -2.48. The molecule has 5 nitrogen and oxygen atoms in total. The van der Waals surface area contributed by atoms with E-state index in [-0.39, 0.29) is 12.1 Å². The molecule has 2 heterocycles. The third kappa shape index (κ3) is 2.19. The first-order valence-corrected chi connectivity index (χ1v) is 8.24. The summed E-state index contributed by atoms with van der Waals surface area (Å²) in [5.74, 6) is 0.982. The van der Waals surface area contributed by atoms with Crippen LogP contribution in [0, 0.1) is 11.8 Å². The Balaban J connectivity index is 2.23. The van der Waals surface area contributed by atoms with E-state index in [1.54, 1.807) is 11.4 Å². The lowest BCUT2D eigenvalue weighted by Gasteiger charge is -2.32. The zero-order valence-corrected chi connectivity index (χ0v) is 12.6. The molecule has 2 saturated heterocycles. The molecule has 0 amide bonds. The first-order chi connectivity index (χ1) is 8.39. The van der Waals surface area contributed by atoms with Gasteiger partial charge in [-0.3, -0.25) is 0 Å². The number of nitrogens with one attached hydrogen (secondary N) is 1. The van der Waals surface area contributed by atoms with Crippen molar-refractivity contribution in [3.8, 4) is 0 Å². The Labute approximate surface area is 111 Å². The highest BCUT2D eigenvalue weighted by Crippen LogP contribution is 2.36. The summed E-state index contributed by atoms with van der Waals surface area (Å²) in [7, 11) is -1.62. The summed E-state index contributed by atoms with van der Waals surface area (Å²) in [4.78, 5) is 0. The van der Waals surface area contributed by atoms with E-state index in [0.29, 0.717) is 18.4 Å². The molecule has 2 rings (SSSR count). The average molecular weight is 275 g/mol. The maximum Gasteiger partial charge on any atom is 0.282 e. The third-order valence-corrected chi connectivity index (χ3v) is 6.64. The molecular weight excluding hydrogens is 250 g/mol. The smallest absolute Gasteiger partial charge is 0.282 e. The van der Waals surface area contributed by atoms with Gasteiger partial charge in [0.25, 0.3) is 10.2 Å². The summed E-state index contributed by atoms with van der Waals surface area (Å²) >= 11 is 0. The Morgan fingerprint density at radius 2 is 2.06 bits per heavy atom. The van der Waals surface area contributed by atoms with Crippen molar-refractivity contribution in [2.75, 3.05) is 26.7 Å².